The third-order valence-corrected chi connectivity index (χ3v) is 6.18. The summed E-state index contributed by atoms with van der Waals surface area (Å²) in [4.78, 5) is 34.5. The summed E-state index contributed by atoms with van der Waals surface area (Å²) >= 11 is 3.09. The molecule has 5 nitrogen and oxygen atoms in total. The molecule has 1 N–H and O–H groups in total. The van der Waals surface area contributed by atoms with Gasteiger partial charge in [-0.15, -0.1) is 23.1 Å². The summed E-state index contributed by atoms with van der Waals surface area (Å²) in [5.74, 6) is 0.719. The Labute approximate surface area is 159 Å². The van der Waals surface area contributed by atoms with E-state index in [-0.39, 0.29) is 11.5 Å². The van der Waals surface area contributed by atoms with E-state index < -0.39 is 6.10 Å². The van der Waals surface area contributed by atoms with Crippen molar-refractivity contribution < 1.29 is 9.53 Å². The van der Waals surface area contributed by atoms with E-state index in [0.717, 1.165) is 15.3 Å². The van der Waals surface area contributed by atoms with Crippen LogP contribution in [0.4, 0.5) is 0 Å². The lowest BCUT2D eigenvalue weighted by Gasteiger charge is -2.12. The number of aromatic nitrogens is 2. The minimum atomic E-state index is -0.593. The zero-order valence-electron chi connectivity index (χ0n) is 14.9. The molecule has 136 valence electrons. The van der Waals surface area contributed by atoms with Crippen molar-refractivity contribution in [1.29, 1.82) is 0 Å². The highest BCUT2D eigenvalue weighted by Gasteiger charge is 2.18. The summed E-state index contributed by atoms with van der Waals surface area (Å²) in [6.45, 7) is 5.60. The smallest absolute Gasteiger partial charge is 0.307 e. The van der Waals surface area contributed by atoms with Gasteiger partial charge in [0.1, 0.15) is 4.83 Å². The third-order valence-electron chi connectivity index (χ3n) is 4.07. The first kappa shape index (κ1) is 18.7. The minimum absolute atomic E-state index is 0.186. The third kappa shape index (κ3) is 4.16. The molecular weight excluding hydrogens is 368 g/mol. The van der Waals surface area contributed by atoms with E-state index in [1.165, 1.54) is 11.3 Å². The number of ether oxygens (including phenoxy) is 1. The molecule has 3 aromatic rings. The highest BCUT2D eigenvalue weighted by atomic mass is 32.2. The molecule has 0 radical (unpaired) electrons. The number of carbonyl (C=O) groups is 1. The van der Waals surface area contributed by atoms with Crippen molar-refractivity contribution in [2.45, 2.75) is 38.2 Å². The topological polar surface area (TPSA) is 72.0 Å². The van der Waals surface area contributed by atoms with Crippen LogP contribution >= 0.6 is 23.1 Å². The summed E-state index contributed by atoms with van der Waals surface area (Å²) in [6, 6.07) is 9.91. The van der Waals surface area contributed by atoms with E-state index in [0.29, 0.717) is 28.2 Å². The molecule has 0 unspecified atom stereocenters. The number of esters is 1. The number of hydrogen-bond donors (Lipinski definition) is 1. The predicted octanol–water partition coefficient (Wildman–Crippen LogP) is 4.39. The first-order valence-corrected chi connectivity index (χ1v) is 10.1. The van der Waals surface area contributed by atoms with Gasteiger partial charge in [-0.3, -0.25) is 9.59 Å². The van der Waals surface area contributed by atoms with Gasteiger partial charge in [0, 0.05) is 15.5 Å². The van der Waals surface area contributed by atoms with Crippen LogP contribution in [0.3, 0.4) is 0 Å². The largest absolute Gasteiger partial charge is 0.454 e. The molecule has 0 bridgehead atoms. The summed E-state index contributed by atoms with van der Waals surface area (Å²) in [5.41, 5.74) is 0.766. The number of aryl methyl sites for hydroxylation is 2. The number of hydrogen-bond acceptors (Lipinski definition) is 6. The van der Waals surface area contributed by atoms with Crippen molar-refractivity contribution in [3.63, 3.8) is 0 Å². The fraction of sp³-hybridized carbons (Fsp3) is 0.316. The Morgan fingerprint density at radius 2 is 2.04 bits per heavy atom. The second kappa shape index (κ2) is 8.05. The van der Waals surface area contributed by atoms with Gasteiger partial charge >= 0.3 is 5.97 Å². The zero-order chi connectivity index (χ0) is 18.7. The second-order valence-electron chi connectivity index (χ2n) is 5.96. The molecular formula is C19H20N2O3S2. The van der Waals surface area contributed by atoms with Gasteiger partial charge in [0.15, 0.2) is 11.9 Å². The number of thioether (sulfide) groups is 1. The van der Waals surface area contributed by atoms with Crippen molar-refractivity contribution in [2.24, 2.45) is 0 Å². The summed E-state index contributed by atoms with van der Waals surface area (Å²) in [7, 11) is 0. The van der Waals surface area contributed by atoms with E-state index in [2.05, 4.69) is 9.97 Å². The predicted molar refractivity (Wildman–Crippen MR) is 106 cm³/mol. The molecule has 0 aliphatic heterocycles. The normalized spacial score (nSPS) is 12.3. The van der Waals surface area contributed by atoms with E-state index >= 15 is 0 Å². The minimum Gasteiger partial charge on any atom is -0.454 e. The fourth-order valence-electron chi connectivity index (χ4n) is 2.54. The first-order valence-electron chi connectivity index (χ1n) is 8.33. The Bertz CT molecular complexity index is 980. The number of fused-ring (bicyclic) bond motifs is 1. The van der Waals surface area contributed by atoms with Crippen LogP contribution in [-0.2, 0) is 9.53 Å². The highest BCUT2D eigenvalue weighted by molar-refractivity contribution is 7.99. The molecule has 7 heteroatoms. The Hall–Kier alpha value is -2.12. The Balaban J connectivity index is 1.62. The Morgan fingerprint density at radius 3 is 2.77 bits per heavy atom. The van der Waals surface area contributed by atoms with Gasteiger partial charge in [0.05, 0.1) is 11.8 Å². The lowest BCUT2D eigenvalue weighted by Crippen LogP contribution is -2.17. The van der Waals surface area contributed by atoms with Crippen LogP contribution in [0.25, 0.3) is 10.2 Å². The summed E-state index contributed by atoms with van der Waals surface area (Å²) in [6.07, 6.45) is -0.294. The molecule has 0 aliphatic carbocycles. The zero-order valence-corrected chi connectivity index (χ0v) is 16.5. The SMILES string of the molecule is Cc1sc2nc([C@H](C)OC(=O)CCSc3ccccc3)[nH]c(=O)c2c1C. The average Bonchev–Trinajstić information content (AvgIpc) is 2.90. The van der Waals surface area contributed by atoms with Gasteiger partial charge in [-0.1, -0.05) is 18.2 Å². The molecule has 0 saturated carbocycles. The Kier molecular flexibility index (Phi) is 5.78. The van der Waals surface area contributed by atoms with E-state index in [1.54, 1.807) is 18.7 Å². The van der Waals surface area contributed by atoms with Crippen LogP contribution in [0.1, 0.15) is 35.7 Å². The molecule has 3 rings (SSSR count). The number of H-pyrrole nitrogens is 1. The number of carbonyl (C=O) groups excluding carboxylic acids is 1. The van der Waals surface area contributed by atoms with Crippen LogP contribution in [-0.4, -0.2) is 21.7 Å². The number of benzene rings is 1. The molecule has 0 spiro atoms. The van der Waals surface area contributed by atoms with Gasteiger partial charge in [-0.25, -0.2) is 4.98 Å². The quantitative estimate of drug-likeness (QED) is 0.501. The molecule has 1 aromatic carbocycles. The highest BCUT2D eigenvalue weighted by Crippen LogP contribution is 2.27. The maximum absolute atomic E-state index is 12.3. The lowest BCUT2D eigenvalue weighted by atomic mass is 10.2. The fourth-order valence-corrected chi connectivity index (χ4v) is 4.44. The van der Waals surface area contributed by atoms with Gasteiger partial charge in [0.2, 0.25) is 0 Å². The molecule has 0 fully saturated rings. The second-order valence-corrected chi connectivity index (χ2v) is 8.33. The molecule has 0 aliphatic rings. The number of nitrogens with zero attached hydrogens (tertiary/aromatic N) is 1. The van der Waals surface area contributed by atoms with Crippen LogP contribution in [0.2, 0.25) is 0 Å². The average molecular weight is 389 g/mol. The molecule has 1 atom stereocenters. The molecule has 0 amide bonds. The standard InChI is InChI=1S/C19H20N2O3S2/c1-11-13(3)26-19-16(11)18(23)20-17(21-19)12(2)24-15(22)9-10-25-14-7-5-4-6-8-14/h4-8,12H,9-10H2,1-3H3,(H,20,21,23)/t12-/m0/s1. The first-order chi connectivity index (χ1) is 12.5. The number of thiophene rings is 1. The molecule has 2 heterocycles. The number of rotatable bonds is 6. The number of nitrogens with one attached hydrogen (secondary N) is 1. The van der Waals surface area contributed by atoms with Crippen LogP contribution in [0.15, 0.2) is 40.0 Å². The van der Waals surface area contributed by atoms with E-state index in [4.69, 9.17) is 4.74 Å². The van der Waals surface area contributed by atoms with Crippen molar-refractivity contribution in [1.82, 2.24) is 9.97 Å². The number of aromatic amines is 1. The molecule has 0 saturated heterocycles. The summed E-state index contributed by atoms with van der Waals surface area (Å²) < 4.78 is 5.44. The Morgan fingerprint density at radius 1 is 1.31 bits per heavy atom. The van der Waals surface area contributed by atoms with Crippen LogP contribution in [0, 0.1) is 13.8 Å². The summed E-state index contributed by atoms with van der Waals surface area (Å²) in [5, 5.41) is 0.619. The van der Waals surface area contributed by atoms with Gasteiger partial charge in [-0.05, 0) is 38.5 Å². The lowest BCUT2D eigenvalue weighted by molar-refractivity contribution is -0.148. The molecule has 2 aromatic heterocycles. The van der Waals surface area contributed by atoms with Crippen molar-refractivity contribution in [3.05, 3.63) is 57.0 Å². The maximum atomic E-state index is 12.3. The molecule has 26 heavy (non-hydrogen) atoms. The van der Waals surface area contributed by atoms with E-state index in [1.807, 2.05) is 44.2 Å². The van der Waals surface area contributed by atoms with Crippen molar-refractivity contribution in [3.8, 4) is 0 Å². The van der Waals surface area contributed by atoms with Crippen LogP contribution < -0.4 is 5.56 Å². The van der Waals surface area contributed by atoms with Gasteiger partial charge < -0.3 is 9.72 Å². The van der Waals surface area contributed by atoms with Crippen molar-refractivity contribution in [2.75, 3.05) is 5.75 Å². The monoisotopic (exact) mass is 388 g/mol. The van der Waals surface area contributed by atoms with Gasteiger partial charge in [0.25, 0.3) is 5.56 Å². The van der Waals surface area contributed by atoms with Crippen molar-refractivity contribution >= 4 is 39.3 Å². The maximum Gasteiger partial charge on any atom is 0.307 e. The van der Waals surface area contributed by atoms with E-state index in [9.17, 15) is 9.59 Å². The van der Waals surface area contributed by atoms with Crippen LogP contribution in [0.5, 0.6) is 0 Å². The van der Waals surface area contributed by atoms with Gasteiger partial charge in [-0.2, -0.15) is 0 Å².